The summed E-state index contributed by atoms with van der Waals surface area (Å²) in [4.78, 5) is 33.7. The quantitative estimate of drug-likeness (QED) is 0.772. The standard InChI is InChI=1S/C19H28N4O2.2ClH/c1-12-20-15(8-18(24)21-12)9-23-10-16(13-6-7-13)17(11-23)22-19(25)14-4-2-3-5-14;;/h8,13-14,16-17H,2-7,9-11H2,1H3,(H,22,25)(H,20,21,24);2*1H/t16-,17+;;/m1../s1. The number of nitrogens with zero attached hydrogens (tertiary/aromatic N) is 2. The minimum absolute atomic E-state index is 0. The number of halogens is 2. The monoisotopic (exact) mass is 416 g/mol. The molecule has 2 N–H and O–H groups in total. The summed E-state index contributed by atoms with van der Waals surface area (Å²) in [6.45, 7) is 4.36. The number of nitrogens with one attached hydrogen (secondary N) is 2. The maximum Gasteiger partial charge on any atom is 0.251 e. The van der Waals surface area contributed by atoms with Crippen LogP contribution in [0.1, 0.15) is 50.0 Å². The molecule has 2 heterocycles. The van der Waals surface area contributed by atoms with E-state index in [9.17, 15) is 9.59 Å². The number of aromatic nitrogens is 2. The summed E-state index contributed by atoms with van der Waals surface area (Å²) in [6.07, 6.45) is 7.05. The van der Waals surface area contributed by atoms with E-state index in [-0.39, 0.29) is 48.2 Å². The first-order valence-electron chi connectivity index (χ1n) is 9.68. The lowest BCUT2D eigenvalue weighted by molar-refractivity contribution is -0.125. The second kappa shape index (κ2) is 9.39. The molecule has 2 atom stereocenters. The van der Waals surface area contributed by atoms with E-state index in [2.05, 4.69) is 20.2 Å². The lowest BCUT2D eigenvalue weighted by Gasteiger charge is -2.21. The normalized spacial score (nSPS) is 25.7. The molecular formula is C19H30Cl2N4O2. The zero-order valence-corrected chi connectivity index (χ0v) is 17.4. The summed E-state index contributed by atoms with van der Waals surface area (Å²) in [5.41, 5.74) is 0.727. The van der Waals surface area contributed by atoms with Gasteiger partial charge in [0, 0.05) is 37.7 Å². The molecule has 2 saturated carbocycles. The average molecular weight is 417 g/mol. The smallest absolute Gasteiger partial charge is 0.251 e. The van der Waals surface area contributed by atoms with Crippen molar-refractivity contribution in [1.29, 1.82) is 0 Å². The molecule has 0 spiro atoms. The Labute approximate surface area is 172 Å². The maximum absolute atomic E-state index is 12.6. The average Bonchev–Trinajstić information content (AvgIpc) is 3.08. The van der Waals surface area contributed by atoms with Gasteiger partial charge in [-0.05, 0) is 44.4 Å². The maximum atomic E-state index is 12.6. The Morgan fingerprint density at radius 3 is 2.56 bits per heavy atom. The van der Waals surface area contributed by atoms with Crippen LogP contribution in [0.2, 0.25) is 0 Å². The van der Waals surface area contributed by atoms with Gasteiger partial charge in [-0.15, -0.1) is 24.8 Å². The lowest BCUT2D eigenvalue weighted by atomic mass is 9.97. The van der Waals surface area contributed by atoms with E-state index in [0.29, 0.717) is 18.3 Å². The molecule has 1 aliphatic heterocycles. The molecule has 1 saturated heterocycles. The van der Waals surface area contributed by atoms with Crippen LogP contribution in [0.25, 0.3) is 0 Å². The van der Waals surface area contributed by atoms with Crippen molar-refractivity contribution in [2.45, 2.75) is 58.0 Å². The third kappa shape index (κ3) is 5.46. The van der Waals surface area contributed by atoms with E-state index < -0.39 is 0 Å². The second-order valence-electron chi connectivity index (χ2n) is 8.11. The molecule has 152 valence electrons. The Hall–Kier alpha value is -1.11. The van der Waals surface area contributed by atoms with Crippen LogP contribution >= 0.6 is 24.8 Å². The Bertz CT molecular complexity index is 701. The Kier molecular flexibility index (Phi) is 7.72. The molecule has 1 aromatic heterocycles. The van der Waals surface area contributed by atoms with Gasteiger partial charge in [0.2, 0.25) is 5.91 Å². The third-order valence-electron chi connectivity index (χ3n) is 6.02. The molecule has 0 radical (unpaired) electrons. The highest BCUT2D eigenvalue weighted by Crippen LogP contribution is 2.42. The minimum atomic E-state index is -0.0912. The number of carbonyl (C=O) groups is 1. The van der Waals surface area contributed by atoms with Crippen molar-refractivity contribution in [1.82, 2.24) is 20.2 Å². The molecule has 1 amide bonds. The number of rotatable bonds is 5. The number of carbonyl (C=O) groups excluding carboxylic acids is 1. The summed E-state index contributed by atoms with van der Waals surface area (Å²) < 4.78 is 0. The van der Waals surface area contributed by atoms with Crippen LogP contribution < -0.4 is 10.9 Å². The van der Waals surface area contributed by atoms with Gasteiger partial charge in [0.1, 0.15) is 5.82 Å². The summed E-state index contributed by atoms with van der Waals surface area (Å²) in [7, 11) is 0. The number of hydrogen-bond acceptors (Lipinski definition) is 4. The number of amides is 1. The van der Waals surface area contributed by atoms with Gasteiger partial charge in [-0.1, -0.05) is 12.8 Å². The Balaban J connectivity index is 0.00000131. The Morgan fingerprint density at radius 2 is 1.93 bits per heavy atom. The van der Waals surface area contributed by atoms with Crippen molar-refractivity contribution in [3.63, 3.8) is 0 Å². The van der Waals surface area contributed by atoms with Crippen molar-refractivity contribution < 1.29 is 4.79 Å². The molecule has 27 heavy (non-hydrogen) atoms. The van der Waals surface area contributed by atoms with Gasteiger partial charge >= 0.3 is 0 Å². The number of aromatic amines is 1. The van der Waals surface area contributed by atoms with Crippen molar-refractivity contribution in [2.24, 2.45) is 17.8 Å². The zero-order chi connectivity index (χ0) is 17.4. The van der Waals surface area contributed by atoms with E-state index in [1.807, 2.05) is 6.92 Å². The number of likely N-dealkylation sites (tertiary alicyclic amines) is 1. The van der Waals surface area contributed by atoms with E-state index in [1.165, 1.54) is 25.7 Å². The molecule has 1 aromatic rings. The predicted molar refractivity (Wildman–Crippen MR) is 109 cm³/mol. The molecular weight excluding hydrogens is 387 g/mol. The number of H-pyrrole nitrogens is 1. The first-order valence-corrected chi connectivity index (χ1v) is 9.68. The number of aryl methyl sites for hydroxylation is 1. The summed E-state index contributed by atoms with van der Waals surface area (Å²) in [6, 6.07) is 1.84. The highest BCUT2D eigenvalue weighted by Gasteiger charge is 2.43. The first-order chi connectivity index (χ1) is 12.1. The SMILES string of the molecule is Cc1nc(CN2C[C@H](NC(=O)C3CCCC3)[C@@H](C3CC3)C2)cc(=O)[nH]1.Cl.Cl. The van der Waals surface area contributed by atoms with Crippen LogP contribution in [-0.2, 0) is 11.3 Å². The van der Waals surface area contributed by atoms with Crippen LogP contribution in [-0.4, -0.2) is 39.9 Å². The van der Waals surface area contributed by atoms with Crippen LogP contribution in [0.4, 0.5) is 0 Å². The zero-order valence-electron chi connectivity index (χ0n) is 15.8. The third-order valence-corrected chi connectivity index (χ3v) is 6.02. The van der Waals surface area contributed by atoms with E-state index in [1.54, 1.807) is 6.07 Å². The van der Waals surface area contributed by atoms with E-state index in [4.69, 9.17) is 0 Å². The summed E-state index contributed by atoms with van der Waals surface area (Å²) in [5.74, 6) is 2.46. The molecule has 3 fully saturated rings. The molecule has 6 nitrogen and oxygen atoms in total. The van der Waals surface area contributed by atoms with E-state index >= 15 is 0 Å². The van der Waals surface area contributed by atoms with Crippen molar-refractivity contribution in [3.8, 4) is 0 Å². The highest BCUT2D eigenvalue weighted by atomic mass is 35.5. The van der Waals surface area contributed by atoms with Gasteiger partial charge in [0.05, 0.1) is 5.69 Å². The first kappa shape index (κ1) is 22.2. The fraction of sp³-hybridized carbons (Fsp3) is 0.737. The second-order valence-corrected chi connectivity index (χ2v) is 8.11. The van der Waals surface area contributed by atoms with Gasteiger partial charge in [-0.2, -0.15) is 0 Å². The van der Waals surface area contributed by atoms with Crippen molar-refractivity contribution >= 4 is 30.7 Å². The summed E-state index contributed by atoms with van der Waals surface area (Å²) in [5, 5.41) is 3.36. The van der Waals surface area contributed by atoms with Gasteiger partial charge in [-0.25, -0.2) is 4.98 Å². The minimum Gasteiger partial charge on any atom is -0.352 e. The molecule has 0 aromatic carbocycles. The molecule has 3 aliphatic rings. The van der Waals surface area contributed by atoms with Crippen LogP contribution in [0.15, 0.2) is 10.9 Å². The van der Waals surface area contributed by atoms with Crippen LogP contribution in [0.5, 0.6) is 0 Å². The van der Waals surface area contributed by atoms with Crippen molar-refractivity contribution in [3.05, 3.63) is 27.9 Å². The predicted octanol–water partition coefficient (Wildman–Crippen LogP) is 2.44. The highest BCUT2D eigenvalue weighted by molar-refractivity contribution is 5.85. The number of hydrogen-bond donors (Lipinski definition) is 2. The summed E-state index contributed by atoms with van der Waals surface area (Å²) >= 11 is 0. The molecule has 0 unspecified atom stereocenters. The fourth-order valence-corrected chi connectivity index (χ4v) is 4.64. The largest absolute Gasteiger partial charge is 0.352 e. The molecule has 8 heteroatoms. The lowest BCUT2D eigenvalue weighted by Crippen LogP contribution is -2.43. The fourth-order valence-electron chi connectivity index (χ4n) is 4.64. The molecule has 2 aliphatic carbocycles. The molecule has 0 bridgehead atoms. The van der Waals surface area contributed by atoms with Crippen LogP contribution in [0, 0.1) is 24.7 Å². The van der Waals surface area contributed by atoms with Gasteiger partial charge in [-0.3, -0.25) is 14.5 Å². The van der Waals surface area contributed by atoms with Crippen molar-refractivity contribution in [2.75, 3.05) is 13.1 Å². The van der Waals surface area contributed by atoms with E-state index in [0.717, 1.165) is 37.5 Å². The van der Waals surface area contributed by atoms with Gasteiger partial charge < -0.3 is 10.3 Å². The van der Waals surface area contributed by atoms with Gasteiger partial charge in [0.25, 0.3) is 5.56 Å². The Morgan fingerprint density at radius 1 is 1.22 bits per heavy atom. The topological polar surface area (TPSA) is 78.1 Å². The molecule has 4 rings (SSSR count). The van der Waals surface area contributed by atoms with Gasteiger partial charge in [0.15, 0.2) is 0 Å². The van der Waals surface area contributed by atoms with Crippen LogP contribution in [0.3, 0.4) is 0 Å².